The molecular weight excluding hydrogens is 284 g/mol. The lowest BCUT2D eigenvalue weighted by Crippen LogP contribution is -2.56. The fourth-order valence-corrected chi connectivity index (χ4v) is 8.35. The minimum Gasteiger partial charge on any atom is -0.389 e. The molecule has 0 aromatic rings. The molecule has 0 heterocycles. The molecule has 7 atom stereocenters. The van der Waals surface area contributed by atoms with Gasteiger partial charge in [-0.2, -0.15) is 0 Å². The summed E-state index contributed by atoms with van der Waals surface area (Å²) in [5.74, 6) is 3.97. The third-order valence-electron chi connectivity index (χ3n) is 9.13. The van der Waals surface area contributed by atoms with Crippen LogP contribution in [0.2, 0.25) is 0 Å². The highest BCUT2D eigenvalue weighted by molar-refractivity contribution is 5.93. The van der Waals surface area contributed by atoms with Crippen molar-refractivity contribution in [1.82, 2.24) is 0 Å². The first-order chi connectivity index (χ1) is 11.0. The van der Waals surface area contributed by atoms with E-state index in [1.54, 1.807) is 11.1 Å². The number of hydrogen-bond donors (Lipinski definition) is 1. The molecule has 2 nitrogen and oxygen atoms in total. The highest BCUT2D eigenvalue weighted by atomic mass is 16.3. The Morgan fingerprint density at radius 2 is 2.04 bits per heavy atom. The quantitative estimate of drug-likeness (QED) is 0.739. The Hall–Kier alpha value is -0.890. The lowest BCUT2D eigenvalue weighted by atomic mass is 9.43. The Kier molecular flexibility index (Phi) is 2.24. The van der Waals surface area contributed by atoms with Gasteiger partial charge in [0.15, 0.2) is 5.78 Å². The van der Waals surface area contributed by atoms with Crippen molar-refractivity contribution in [3.8, 4) is 0 Å². The number of carbonyl (C=O) groups is 1. The predicted molar refractivity (Wildman–Crippen MR) is 87.6 cm³/mol. The molecule has 0 aromatic carbocycles. The molecule has 0 radical (unpaired) electrons. The van der Waals surface area contributed by atoms with Gasteiger partial charge in [0.25, 0.3) is 0 Å². The van der Waals surface area contributed by atoms with E-state index in [2.05, 4.69) is 6.92 Å². The molecule has 0 spiro atoms. The maximum atomic E-state index is 11.8. The molecule has 0 saturated heterocycles. The first kappa shape index (κ1) is 13.4. The van der Waals surface area contributed by atoms with Gasteiger partial charge in [0.1, 0.15) is 0 Å². The first-order valence-corrected chi connectivity index (χ1v) is 9.72. The highest BCUT2D eigenvalue weighted by Gasteiger charge is 2.75. The molecule has 6 aliphatic rings. The number of carbonyl (C=O) groups excluding carboxylic acids is 1. The Labute approximate surface area is 138 Å². The zero-order valence-corrected chi connectivity index (χ0v) is 14.0. The van der Waals surface area contributed by atoms with Crippen molar-refractivity contribution in [2.24, 2.45) is 35.0 Å². The van der Waals surface area contributed by atoms with Crippen molar-refractivity contribution in [3.05, 3.63) is 22.8 Å². The van der Waals surface area contributed by atoms with Crippen LogP contribution >= 0.6 is 0 Å². The summed E-state index contributed by atoms with van der Waals surface area (Å²) in [7, 11) is 0. The summed E-state index contributed by atoms with van der Waals surface area (Å²) in [6, 6.07) is 0. The molecule has 0 aliphatic heterocycles. The van der Waals surface area contributed by atoms with Gasteiger partial charge in [-0.15, -0.1) is 0 Å². The van der Waals surface area contributed by atoms with Gasteiger partial charge in [0, 0.05) is 11.8 Å². The normalized spacial score (nSPS) is 55.8. The molecule has 6 aliphatic carbocycles. The molecule has 23 heavy (non-hydrogen) atoms. The molecule has 0 bridgehead atoms. The van der Waals surface area contributed by atoms with Crippen LogP contribution in [0.1, 0.15) is 58.3 Å². The molecule has 122 valence electrons. The number of hydrogen-bond acceptors (Lipinski definition) is 2. The van der Waals surface area contributed by atoms with Gasteiger partial charge >= 0.3 is 0 Å². The fourth-order valence-electron chi connectivity index (χ4n) is 8.35. The van der Waals surface area contributed by atoms with Crippen LogP contribution < -0.4 is 0 Å². The van der Waals surface area contributed by atoms with E-state index in [0.29, 0.717) is 17.6 Å². The average molecular weight is 310 g/mol. The van der Waals surface area contributed by atoms with Gasteiger partial charge < -0.3 is 5.11 Å². The Morgan fingerprint density at radius 3 is 2.91 bits per heavy atom. The molecule has 2 heteroatoms. The van der Waals surface area contributed by atoms with Crippen LogP contribution in [0.5, 0.6) is 0 Å². The second-order valence-electron chi connectivity index (χ2n) is 9.51. The number of rotatable bonds is 0. The zero-order valence-electron chi connectivity index (χ0n) is 14.0. The Morgan fingerprint density at radius 1 is 1.17 bits per heavy atom. The molecule has 4 saturated carbocycles. The molecule has 1 N–H and O–H groups in total. The van der Waals surface area contributed by atoms with E-state index in [0.717, 1.165) is 49.9 Å². The number of ketones is 1. The molecule has 1 unspecified atom stereocenters. The van der Waals surface area contributed by atoms with Gasteiger partial charge in [-0.05, 0) is 91.8 Å². The minimum absolute atomic E-state index is 0.182. The number of fused-ring (bicyclic) bond motifs is 4. The van der Waals surface area contributed by atoms with Crippen molar-refractivity contribution < 1.29 is 9.90 Å². The zero-order chi connectivity index (χ0) is 15.6. The lowest BCUT2D eigenvalue weighted by molar-refractivity contribution is -0.115. The van der Waals surface area contributed by atoms with Gasteiger partial charge in [0.2, 0.25) is 0 Å². The van der Waals surface area contributed by atoms with E-state index in [1.807, 2.05) is 6.08 Å². The highest BCUT2D eigenvalue weighted by Crippen LogP contribution is 2.78. The average Bonchev–Trinajstić information content (AvgIpc) is 2.85. The lowest BCUT2D eigenvalue weighted by Gasteiger charge is -2.61. The minimum atomic E-state index is -0.364. The van der Waals surface area contributed by atoms with Gasteiger partial charge in [0.05, 0.1) is 5.60 Å². The van der Waals surface area contributed by atoms with Crippen LogP contribution in [0.3, 0.4) is 0 Å². The van der Waals surface area contributed by atoms with Gasteiger partial charge in [-0.3, -0.25) is 4.79 Å². The largest absolute Gasteiger partial charge is 0.389 e. The van der Waals surface area contributed by atoms with Crippen LogP contribution in [-0.4, -0.2) is 16.5 Å². The van der Waals surface area contributed by atoms with Crippen LogP contribution in [0.4, 0.5) is 0 Å². The summed E-state index contributed by atoms with van der Waals surface area (Å²) in [4.78, 5) is 11.8. The predicted octanol–water partition coefficient (Wildman–Crippen LogP) is 3.80. The molecular formula is C21H26O2. The van der Waals surface area contributed by atoms with E-state index in [4.69, 9.17) is 0 Å². The van der Waals surface area contributed by atoms with Gasteiger partial charge in [-0.1, -0.05) is 12.5 Å². The Bertz CT molecular complexity index is 701. The maximum absolute atomic E-state index is 11.8. The third kappa shape index (κ3) is 1.30. The summed E-state index contributed by atoms with van der Waals surface area (Å²) in [6.45, 7) is 2.44. The van der Waals surface area contributed by atoms with Crippen molar-refractivity contribution in [1.29, 1.82) is 0 Å². The monoisotopic (exact) mass is 310 g/mol. The molecule has 0 amide bonds. The SMILES string of the molecule is C[C@@]12[C@@H]3C4C[C@@H]3C[C@]1(O)CC[C@H]2[C@@H]1CCC2=CC(=O)CCC2=C41. The molecule has 6 rings (SSSR count). The van der Waals surface area contributed by atoms with Crippen molar-refractivity contribution in [3.63, 3.8) is 0 Å². The maximum Gasteiger partial charge on any atom is 0.156 e. The summed E-state index contributed by atoms with van der Waals surface area (Å²) in [6.07, 6.45) is 10.6. The van der Waals surface area contributed by atoms with Crippen LogP contribution in [0, 0.1) is 35.0 Å². The molecule has 0 aromatic heterocycles. The summed E-state index contributed by atoms with van der Waals surface area (Å²) >= 11 is 0. The van der Waals surface area contributed by atoms with E-state index in [9.17, 15) is 9.90 Å². The summed E-state index contributed by atoms with van der Waals surface area (Å²) < 4.78 is 0. The van der Waals surface area contributed by atoms with Crippen LogP contribution in [0.25, 0.3) is 0 Å². The van der Waals surface area contributed by atoms with E-state index in [1.165, 1.54) is 24.8 Å². The standard InChI is InChI=1S/C21H26O2/c1-20-17-6-7-21(20,23)10-12-9-16(19(12)20)18-14-5-3-13(22)8-11(14)2-4-15(17)18/h8,12,15-17,19,23H,2-7,9-10H2,1H3/t12-,15+,16?,17+,19+,20-,21-/m1/s1. The Balaban J connectivity index is 1.55. The topological polar surface area (TPSA) is 37.3 Å². The van der Waals surface area contributed by atoms with Crippen molar-refractivity contribution in [2.75, 3.05) is 0 Å². The second-order valence-corrected chi connectivity index (χ2v) is 9.51. The number of allylic oxidation sites excluding steroid dienone is 4. The summed E-state index contributed by atoms with van der Waals surface area (Å²) in [5, 5.41) is 11.4. The molecule has 4 fully saturated rings. The van der Waals surface area contributed by atoms with E-state index < -0.39 is 0 Å². The van der Waals surface area contributed by atoms with Gasteiger partial charge in [-0.25, -0.2) is 0 Å². The van der Waals surface area contributed by atoms with Crippen LogP contribution in [-0.2, 0) is 4.79 Å². The van der Waals surface area contributed by atoms with E-state index >= 15 is 0 Å². The summed E-state index contributed by atoms with van der Waals surface area (Å²) in [5.41, 5.74) is 4.56. The number of aliphatic hydroxyl groups is 1. The smallest absolute Gasteiger partial charge is 0.156 e. The van der Waals surface area contributed by atoms with Crippen molar-refractivity contribution in [2.45, 2.75) is 63.9 Å². The van der Waals surface area contributed by atoms with Crippen molar-refractivity contribution >= 4 is 5.78 Å². The third-order valence-corrected chi connectivity index (χ3v) is 9.13. The first-order valence-electron chi connectivity index (χ1n) is 9.72. The second kappa shape index (κ2) is 3.85. The van der Waals surface area contributed by atoms with E-state index in [-0.39, 0.29) is 11.0 Å². The van der Waals surface area contributed by atoms with Crippen LogP contribution in [0.15, 0.2) is 22.8 Å². The fraction of sp³-hybridized carbons (Fsp3) is 0.762.